The third kappa shape index (κ3) is 4.88. The first-order valence-corrected chi connectivity index (χ1v) is 9.22. The Morgan fingerprint density at radius 2 is 2.08 bits per heavy atom. The number of nitrogens with one attached hydrogen (secondary N) is 1. The molecule has 0 amide bonds. The summed E-state index contributed by atoms with van der Waals surface area (Å²) in [5, 5.41) is 7.91. The van der Waals surface area contributed by atoms with Gasteiger partial charge in [-0.1, -0.05) is 29.3 Å². The Kier molecular flexibility index (Phi) is 6.33. The predicted octanol–water partition coefficient (Wildman–Crippen LogP) is 5.48. The van der Waals surface area contributed by atoms with Crippen molar-refractivity contribution in [1.29, 1.82) is 0 Å². The molecule has 3 rings (SSSR count). The minimum absolute atomic E-state index is 0.311. The SMILES string of the molecule is COc1cc(C=NNc2nccs2)ccc1OCc1ccc(Cl)cc1Cl. The molecule has 1 heterocycles. The molecule has 0 bridgehead atoms. The Morgan fingerprint density at radius 3 is 2.81 bits per heavy atom. The number of ether oxygens (including phenoxy) is 2. The van der Waals surface area contributed by atoms with Gasteiger partial charge in [0.15, 0.2) is 11.5 Å². The summed E-state index contributed by atoms with van der Waals surface area (Å²) in [6, 6.07) is 10.8. The van der Waals surface area contributed by atoms with Crippen LogP contribution in [0.15, 0.2) is 53.1 Å². The number of halogens is 2. The first-order chi connectivity index (χ1) is 12.7. The zero-order valence-electron chi connectivity index (χ0n) is 13.8. The highest BCUT2D eigenvalue weighted by atomic mass is 35.5. The number of anilines is 1. The van der Waals surface area contributed by atoms with Crippen molar-refractivity contribution >= 4 is 45.9 Å². The van der Waals surface area contributed by atoms with Crippen LogP contribution in [0.2, 0.25) is 10.0 Å². The number of benzene rings is 2. The molecule has 8 heteroatoms. The molecule has 0 fully saturated rings. The van der Waals surface area contributed by atoms with E-state index in [0.717, 1.165) is 16.3 Å². The minimum Gasteiger partial charge on any atom is -0.493 e. The van der Waals surface area contributed by atoms with Crippen LogP contribution in [-0.4, -0.2) is 18.3 Å². The summed E-state index contributed by atoms with van der Waals surface area (Å²) in [5.41, 5.74) is 4.57. The van der Waals surface area contributed by atoms with Gasteiger partial charge in [0.2, 0.25) is 5.13 Å². The van der Waals surface area contributed by atoms with E-state index in [1.165, 1.54) is 11.3 Å². The van der Waals surface area contributed by atoms with Crippen molar-refractivity contribution in [2.75, 3.05) is 12.5 Å². The highest BCUT2D eigenvalue weighted by Gasteiger charge is 2.08. The lowest BCUT2D eigenvalue weighted by Crippen LogP contribution is -1.99. The molecule has 0 unspecified atom stereocenters. The van der Waals surface area contributed by atoms with Crippen LogP contribution in [0.3, 0.4) is 0 Å². The molecule has 0 saturated carbocycles. The molecule has 1 N–H and O–H groups in total. The fraction of sp³-hybridized carbons (Fsp3) is 0.111. The maximum atomic E-state index is 6.17. The van der Waals surface area contributed by atoms with Gasteiger partial charge in [0.25, 0.3) is 0 Å². The zero-order valence-corrected chi connectivity index (χ0v) is 16.1. The molecular weight excluding hydrogens is 393 g/mol. The molecule has 26 heavy (non-hydrogen) atoms. The van der Waals surface area contributed by atoms with Gasteiger partial charge >= 0.3 is 0 Å². The first-order valence-electron chi connectivity index (χ1n) is 7.59. The van der Waals surface area contributed by atoms with Crippen molar-refractivity contribution in [2.24, 2.45) is 5.10 Å². The van der Waals surface area contributed by atoms with Gasteiger partial charge in [-0.05, 0) is 35.9 Å². The summed E-state index contributed by atoms with van der Waals surface area (Å²) < 4.78 is 11.2. The molecular formula is C18H15Cl2N3O2S. The molecule has 2 aromatic carbocycles. The molecule has 0 aliphatic rings. The quantitative estimate of drug-likeness (QED) is 0.415. The number of nitrogens with zero attached hydrogens (tertiary/aromatic N) is 2. The van der Waals surface area contributed by atoms with Crippen LogP contribution in [0, 0.1) is 0 Å². The number of hydrogen-bond donors (Lipinski definition) is 1. The van der Waals surface area contributed by atoms with Gasteiger partial charge in [0.05, 0.1) is 13.3 Å². The maximum absolute atomic E-state index is 6.17. The lowest BCUT2D eigenvalue weighted by Gasteiger charge is -2.12. The highest BCUT2D eigenvalue weighted by Crippen LogP contribution is 2.29. The largest absolute Gasteiger partial charge is 0.493 e. The average Bonchev–Trinajstić information content (AvgIpc) is 3.15. The standard InChI is InChI=1S/C18H15Cl2N3O2S/c1-24-17-8-12(10-22-23-18-21-6-7-26-18)2-5-16(17)25-11-13-3-4-14(19)9-15(13)20/h2-10H,11H2,1H3,(H,21,23). The molecule has 3 aromatic rings. The van der Waals surface area contributed by atoms with E-state index >= 15 is 0 Å². The number of aromatic nitrogens is 1. The van der Waals surface area contributed by atoms with E-state index < -0.39 is 0 Å². The topological polar surface area (TPSA) is 55.7 Å². The Labute approximate surface area is 165 Å². The molecule has 1 aromatic heterocycles. The number of hydrazone groups is 1. The first kappa shape index (κ1) is 18.5. The minimum atomic E-state index is 0.311. The van der Waals surface area contributed by atoms with Gasteiger partial charge in [-0.2, -0.15) is 5.10 Å². The second kappa shape index (κ2) is 8.89. The summed E-state index contributed by atoms with van der Waals surface area (Å²) in [7, 11) is 1.59. The Bertz CT molecular complexity index is 901. The number of thiazole rings is 1. The molecule has 5 nitrogen and oxygen atoms in total. The van der Waals surface area contributed by atoms with Gasteiger partial charge in [-0.25, -0.2) is 4.98 Å². The van der Waals surface area contributed by atoms with Crippen LogP contribution in [0.1, 0.15) is 11.1 Å². The monoisotopic (exact) mass is 407 g/mol. The van der Waals surface area contributed by atoms with Crippen molar-refractivity contribution in [3.63, 3.8) is 0 Å². The van der Waals surface area contributed by atoms with E-state index in [2.05, 4.69) is 15.5 Å². The molecule has 0 aliphatic carbocycles. The van der Waals surface area contributed by atoms with E-state index in [4.69, 9.17) is 32.7 Å². The number of methoxy groups -OCH3 is 1. The van der Waals surface area contributed by atoms with Gasteiger partial charge < -0.3 is 9.47 Å². The molecule has 0 atom stereocenters. The second-order valence-electron chi connectivity index (χ2n) is 5.14. The van der Waals surface area contributed by atoms with E-state index in [0.29, 0.717) is 28.2 Å². The van der Waals surface area contributed by atoms with Gasteiger partial charge in [-0.3, -0.25) is 5.43 Å². The van der Waals surface area contributed by atoms with E-state index in [-0.39, 0.29) is 0 Å². The van der Waals surface area contributed by atoms with Crippen LogP contribution < -0.4 is 14.9 Å². The number of hydrogen-bond acceptors (Lipinski definition) is 6. The lowest BCUT2D eigenvalue weighted by atomic mass is 10.2. The molecule has 0 saturated heterocycles. The normalized spacial score (nSPS) is 10.9. The van der Waals surface area contributed by atoms with Crippen LogP contribution >= 0.6 is 34.5 Å². The lowest BCUT2D eigenvalue weighted by molar-refractivity contribution is 0.284. The molecule has 0 radical (unpaired) electrons. The fourth-order valence-electron chi connectivity index (χ4n) is 2.12. The van der Waals surface area contributed by atoms with Crippen LogP contribution in [-0.2, 0) is 6.61 Å². The fourth-order valence-corrected chi connectivity index (χ4v) is 3.06. The zero-order chi connectivity index (χ0) is 18.4. The average molecular weight is 408 g/mol. The van der Waals surface area contributed by atoms with Crippen molar-refractivity contribution in [1.82, 2.24) is 4.98 Å². The van der Waals surface area contributed by atoms with Crippen LogP contribution in [0.25, 0.3) is 0 Å². The molecule has 0 spiro atoms. The van der Waals surface area contributed by atoms with Crippen molar-refractivity contribution < 1.29 is 9.47 Å². The van der Waals surface area contributed by atoms with E-state index in [9.17, 15) is 0 Å². The summed E-state index contributed by atoms with van der Waals surface area (Å²) in [6.07, 6.45) is 3.40. The van der Waals surface area contributed by atoms with Gasteiger partial charge in [-0.15, -0.1) is 11.3 Å². The van der Waals surface area contributed by atoms with Gasteiger partial charge in [0.1, 0.15) is 6.61 Å². The maximum Gasteiger partial charge on any atom is 0.203 e. The van der Waals surface area contributed by atoms with E-state index in [1.807, 2.05) is 29.6 Å². The second-order valence-corrected chi connectivity index (χ2v) is 6.88. The van der Waals surface area contributed by atoms with Crippen molar-refractivity contribution in [3.8, 4) is 11.5 Å². The smallest absolute Gasteiger partial charge is 0.203 e. The predicted molar refractivity (Wildman–Crippen MR) is 107 cm³/mol. The highest BCUT2D eigenvalue weighted by molar-refractivity contribution is 7.13. The van der Waals surface area contributed by atoms with Crippen LogP contribution in [0.5, 0.6) is 11.5 Å². The summed E-state index contributed by atoms with van der Waals surface area (Å²) in [4.78, 5) is 4.09. The molecule has 134 valence electrons. The third-order valence-electron chi connectivity index (χ3n) is 3.39. The Balaban J connectivity index is 1.67. The molecule has 0 aliphatic heterocycles. The third-order valence-corrected chi connectivity index (χ3v) is 4.66. The van der Waals surface area contributed by atoms with Gasteiger partial charge in [0, 0.05) is 27.2 Å². The van der Waals surface area contributed by atoms with E-state index in [1.54, 1.807) is 31.7 Å². The summed E-state index contributed by atoms with van der Waals surface area (Å²) in [5.74, 6) is 1.22. The van der Waals surface area contributed by atoms with Crippen molar-refractivity contribution in [2.45, 2.75) is 6.61 Å². The Hall–Kier alpha value is -2.28. The number of rotatable bonds is 7. The summed E-state index contributed by atoms with van der Waals surface area (Å²) >= 11 is 13.6. The summed E-state index contributed by atoms with van der Waals surface area (Å²) in [6.45, 7) is 0.311. The Morgan fingerprint density at radius 1 is 1.19 bits per heavy atom. The van der Waals surface area contributed by atoms with Crippen LogP contribution in [0.4, 0.5) is 5.13 Å². The van der Waals surface area contributed by atoms with Crippen molar-refractivity contribution in [3.05, 3.63) is 69.1 Å².